The van der Waals surface area contributed by atoms with E-state index in [9.17, 15) is 14.4 Å². The largest absolute Gasteiger partial charge is 0.481 e. The maximum Gasteiger partial charge on any atom is 0.345 e. The molecule has 0 aliphatic carbocycles. The molecule has 0 aromatic heterocycles. The fraction of sp³-hybridized carbons (Fsp3) is 0.571. The van der Waals surface area contributed by atoms with Gasteiger partial charge in [-0.05, 0) is 0 Å². The first kappa shape index (κ1) is 9.50. The monoisotopic (exact) mass is 188 g/mol. The third-order valence-electron chi connectivity index (χ3n) is 1.80. The molecule has 6 heteroatoms. The van der Waals surface area contributed by atoms with Crippen molar-refractivity contribution in [3.63, 3.8) is 0 Å². The van der Waals surface area contributed by atoms with E-state index in [1.807, 2.05) is 0 Å². The molecule has 0 amide bonds. The number of aliphatic carboxylic acids is 2. The molecule has 1 rings (SSSR count). The second-order valence-corrected chi connectivity index (χ2v) is 2.81. The molecule has 1 heterocycles. The van der Waals surface area contributed by atoms with Crippen LogP contribution in [0.4, 0.5) is 0 Å². The summed E-state index contributed by atoms with van der Waals surface area (Å²) in [5.74, 6) is -3.83. The van der Waals surface area contributed by atoms with Gasteiger partial charge in [-0.2, -0.15) is 0 Å². The highest BCUT2D eigenvalue weighted by atomic mass is 16.6. The SMILES string of the molecule is O=C(O)C[C@H]1CC(=O)O[C@H]1C(=O)O. The Hall–Kier alpha value is -1.59. The number of hydrogen-bond donors (Lipinski definition) is 2. The van der Waals surface area contributed by atoms with E-state index in [-0.39, 0.29) is 12.8 Å². The smallest absolute Gasteiger partial charge is 0.345 e. The Morgan fingerprint density at radius 1 is 1.46 bits per heavy atom. The topological polar surface area (TPSA) is 101 Å². The Morgan fingerprint density at radius 2 is 2.08 bits per heavy atom. The molecule has 13 heavy (non-hydrogen) atoms. The Bertz CT molecular complexity index is 258. The highest BCUT2D eigenvalue weighted by molar-refractivity contribution is 5.83. The van der Waals surface area contributed by atoms with E-state index in [0.29, 0.717) is 0 Å². The van der Waals surface area contributed by atoms with Crippen LogP contribution in [0.25, 0.3) is 0 Å². The van der Waals surface area contributed by atoms with Gasteiger partial charge in [0.2, 0.25) is 6.10 Å². The van der Waals surface area contributed by atoms with Crippen LogP contribution in [0.2, 0.25) is 0 Å². The molecule has 6 nitrogen and oxygen atoms in total. The van der Waals surface area contributed by atoms with Crippen LogP contribution >= 0.6 is 0 Å². The van der Waals surface area contributed by atoms with E-state index in [1.54, 1.807) is 0 Å². The van der Waals surface area contributed by atoms with E-state index in [1.165, 1.54) is 0 Å². The summed E-state index contributed by atoms with van der Waals surface area (Å²) >= 11 is 0. The van der Waals surface area contributed by atoms with Crippen molar-refractivity contribution in [1.29, 1.82) is 0 Å². The van der Waals surface area contributed by atoms with Gasteiger partial charge in [-0.15, -0.1) is 0 Å². The summed E-state index contributed by atoms with van der Waals surface area (Å²) in [6, 6.07) is 0. The lowest BCUT2D eigenvalue weighted by Crippen LogP contribution is -2.27. The zero-order valence-corrected chi connectivity index (χ0v) is 6.60. The number of carbonyl (C=O) groups excluding carboxylic acids is 1. The van der Waals surface area contributed by atoms with Crippen molar-refractivity contribution in [3.05, 3.63) is 0 Å². The number of carbonyl (C=O) groups is 3. The molecule has 0 spiro atoms. The maximum absolute atomic E-state index is 10.7. The molecule has 0 unspecified atom stereocenters. The molecule has 1 fully saturated rings. The number of ether oxygens (including phenoxy) is 1. The van der Waals surface area contributed by atoms with Gasteiger partial charge < -0.3 is 14.9 Å². The van der Waals surface area contributed by atoms with Gasteiger partial charge in [-0.25, -0.2) is 4.79 Å². The van der Waals surface area contributed by atoms with Crippen molar-refractivity contribution in [1.82, 2.24) is 0 Å². The summed E-state index contributed by atoms with van der Waals surface area (Å²) in [5.41, 5.74) is 0. The van der Waals surface area contributed by atoms with Crippen LogP contribution in [0.5, 0.6) is 0 Å². The van der Waals surface area contributed by atoms with Crippen LogP contribution in [-0.4, -0.2) is 34.2 Å². The lowest BCUT2D eigenvalue weighted by molar-refractivity contribution is -0.158. The maximum atomic E-state index is 10.7. The molecule has 72 valence electrons. The first-order valence-electron chi connectivity index (χ1n) is 3.65. The first-order chi connectivity index (χ1) is 6.00. The van der Waals surface area contributed by atoms with Gasteiger partial charge >= 0.3 is 17.9 Å². The Kier molecular flexibility index (Phi) is 2.50. The molecule has 0 aromatic rings. The molecule has 1 aliphatic rings. The van der Waals surface area contributed by atoms with Crippen LogP contribution in [0.15, 0.2) is 0 Å². The standard InChI is InChI=1S/C7H8O6/c8-4(9)1-3-2-5(10)13-6(3)7(11)12/h3,6H,1-2H2,(H,8,9)(H,11,12)/t3-,6+/m0/s1. The lowest BCUT2D eigenvalue weighted by atomic mass is 9.98. The Labute approximate surface area is 73.1 Å². The second kappa shape index (κ2) is 3.42. The summed E-state index contributed by atoms with van der Waals surface area (Å²) in [5, 5.41) is 16.9. The molecule has 1 aliphatic heterocycles. The van der Waals surface area contributed by atoms with Crippen LogP contribution in [-0.2, 0) is 19.1 Å². The van der Waals surface area contributed by atoms with Crippen LogP contribution < -0.4 is 0 Å². The number of carboxylic acids is 2. The van der Waals surface area contributed by atoms with Crippen molar-refractivity contribution >= 4 is 17.9 Å². The van der Waals surface area contributed by atoms with E-state index in [4.69, 9.17) is 10.2 Å². The van der Waals surface area contributed by atoms with Crippen LogP contribution in [0, 0.1) is 5.92 Å². The minimum absolute atomic E-state index is 0.136. The Morgan fingerprint density at radius 3 is 2.54 bits per heavy atom. The minimum atomic E-state index is -1.30. The van der Waals surface area contributed by atoms with E-state index < -0.39 is 29.9 Å². The normalized spacial score (nSPS) is 26.9. The number of carboxylic acid groups (broad SMARTS) is 2. The van der Waals surface area contributed by atoms with E-state index in [0.717, 1.165) is 0 Å². The van der Waals surface area contributed by atoms with Crippen molar-refractivity contribution in [2.24, 2.45) is 5.92 Å². The van der Waals surface area contributed by atoms with Gasteiger partial charge in [0.15, 0.2) is 0 Å². The van der Waals surface area contributed by atoms with Gasteiger partial charge in [0.1, 0.15) is 0 Å². The van der Waals surface area contributed by atoms with Gasteiger partial charge in [-0.3, -0.25) is 9.59 Å². The number of cyclic esters (lactones) is 1. The Balaban J connectivity index is 2.66. The molecular formula is C7H8O6. The van der Waals surface area contributed by atoms with Crippen LogP contribution in [0.1, 0.15) is 12.8 Å². The molecule has 2 N–H and O–H groups in total. The highest BCUT2D eigenvalue weighted by Gasteiger charge is 2.40. The third kappa shape index (κ3) is 2.17. The predicted octanol–water partition coefficient (Wildman–Crippen LogP) is -0.523. The molecule has 0 bridgehead atoms. The number of rotatable bonds is 3. The van der Waals surface area contributed by atoms with Crippen molar-refractivity contribution in [2.45, 2.75) is 18.9 Å². The van der Waals surface area contributed by atoms with Crippen LogP contribution in [0.3, 0.4) is 0 Å². The van der Waals surface area contributed by atoms with E-state index in [2.05, 4.69) is 4.74 Å². The lowest BCUT2D eigenvalue weighted by Gasteiger charge is -2.09. The number of hydrogen-bond acceptors (Lipinski definition) is 4. The summed E-state index contributed by atoms with van der Waals surface area (Å²) in [4.78, 5) is 31.4. The van der Waals surface area contributed by atoms with Crippen molar-refractivity contribution in [3.8, 4) is 0 Å². The predicted molar refractivity (Wildman–Crippen MR) is 37.9 cm³/mol. The third-order valence-corrected chi connectivity index (χ3v) is 1.80. The molecular weight excluding hydrogens is 180 g/mol. The quantitative estimate of drug-likeness (QED) is 0.578. The average Bonchev–Trinajstić information content (AvgIpc) is 2.29. The van der Waals surface area contributed by atoms with Gasteiger partial charge in [-0.1, -0.05) is 0 Å². The average molecular weight is 188 g/mol. The highest BCUT2D eigenvalue weighted by Crippen LogP contribution is 2.25. The summed E-state index contributed by atoms with van der Waals surface area (Å²) in [6.45, 7) is 0. The van der Waals surface area contributed by atoms with Crippen molar-refractivity contribution < 1.29 is 29.3 Å². The zero-order valence-electron chi connectivity index (χ0n) is 6.60. The molecule has 2 atom stereocenters. The molecule has 0 aromatic carbocycles. The fourth-order valence-corrected chi connectivity index (χ4v) is 1.26. The molecule has 0 radical (unpaired) electrons. The zero-order chi connectivity index (χ0) is 10.0. The van der Waals surface area contributed by atoms with Crippen molar-refractivity contribution in [2.75, 3.05) is 0 Å². The summed E-state index contributed by atoms with van der Waals surface area (Å²) < 4.78 is 4.43. The molecule has 0 saturated carbocycles. The minimum Gasteiger partial charge on any atom is -0.481 e. The second-order valence-electron chi connectivity index (χ2n) is 2.81. The van der Waals surface area contributed by atoms with E-state index >= 15 is 0 Å². The van der Waals surface area contributed by atoms with Gasteiger partial charge in [0, 0.05) is 5.92 Å². The summed E-state index contributed by atoms with van der Waals surface area (Å²) in [7, 11) is 0. The first-order valence-corrected chi connectivity index (χ1v) is 3.65. The van der Waals surface area contributed by atoms with Gasteiger partial charge in [0.25, 0.3) is 0 Å². The fourth-order valence-electron chi connectivity index (χ4n) is 1.26. The number of esters is 1. The molecule has 1 saturated heterocycles. The van der Waals surface area contributed by atoms with Gasteiger partial charge in [0.05, 0.1) is 12.8 Å². The summed E-state index contributed by atoms with van der Waals surface area (Å²) in [6.07, 6.45) is -1.80.